The molecule has 0 saturated carbocycles. The largest absolute Gasteiger partial charge is 0.348 e. The highest BCUT2D eigenvalue weighted by Crippen LogP contribution is 2.22. The lowest BCUT2D eigenvalue weighted by atomic mass is 10.0. The molecule has 0 aliphatic heterocycles. The molecule has 140 valence electrons. The molecular weight excluding hydrogens is 366 g/mol. The van der Waals surface area contributed by atoms with Crippen LogP contribution in [0, 0.1) is 0 Å². The van der Waals surface area contributed by atoms with Crippen molar-refractivity contribution in [2.24, 2.45) is 0 Å². The molecule has 2 aromatic rings. The van der Waals surface area contributed by atoms with Gasteiger partial charge in [0.15, 0.2) is 9.84 Å². The summed E-state index contributed by atoms with van der Waals surface area (Å²) in [5.74, 6) is 0.778. The smallest absolute Gasteiger partial charge is 0.233 e. The number of nitrogens with one attached hydrogen (secondary N) is 1. The second-order valence-electron chi connectivity index (χ2n) is 6.25. The van der Waals surface area contributed by atoms with Gasteiger partial charge in [0.1, 0.15) is 0 Å². The number of benzene rings is 2. The second kappa shape index (κ2) is 9.24. The predicted octanol–water partition coefficient (Wildman–Crippen LogP) is 3.98. The van der Waals surface area contributed by atoms with Crippen LogP contribution >= 0.6 is 11.8 Å². The summed E-state index contributed by atoms with van der Waals surface area (Å²) in [5, 5.41) is 2.90. The highest BCUT2D eigenvalue weighted by Gasteiger charge is 2.19. The van der Waals surface area contributed by atoms with E-state index in [2.05, 4.69) is 17.4 Å². The molecule has 1 N–H and O–H groups in total. The van der Waals surface area contributed by atoms with Crippen LogP contribution in [0.25, 0.3) is 0 Å². The lowest BCUT2D eigenvalue weighted by molar-refractivity contribution is -0.121. The summed E-state index contributed by atoms with van der Waals surface area (Å²) < 4.78 is 23.1. The fourth-order valence-corrected chi connectivity index (χ4v) is 4.01. The minimum atomic E-state index is -3.21. The first-order valence-electron chi connectivity index (χ1n) is 8.57. The van der Waals surface area contributed by atoms with Gasteiger partial charge in [-0.2, -0.15) is 0 Å². The minimum absolute atomic E-state index is 0.00929. The molecule has 0 spiro atoms. The fourth-order valence-electron chi connectivity index (χ4n) is 2.53. The van der Waals surface area contributed by atoms with Gasteiger partial charge in [0.25, 0.3) is 0 Å². The third-order valence-corrected chi connectivity index (χ3v) is 6.49. The van der Waals surface area contributed by atoms with Crippen molar-refractivity contribution in [3.63, 3.8) is 0 Å². The third kappa shape index (κ3) is 5.88. The normalized spacial score (nSPS) is 13.8. The summed E-state index contributed by atoms with van der Waals surface area (Å²) in [5.41, 5.74) is 2.11. The van der Waals surface area contributed by atoms with E-state index in [-0.39, 0.29) is 22.1 Å². The zero-order valence-electron chi connectivity index (χ0n) is 15.3. The summed E-state index contributed by atoms with van der Waals surface area (Å²) >= 11 is 1.60. The molecule has 2 rings (SSSR count). The van der Waals surface area contributed by atoms with Crippen molar-refractivity contribution < 1.29 is 13.2 Å². The average Bonchev–Trinajstić information content (AvgIpc) is 2.64. The monoisotopic (exact) mass is 391 g/mol. The number of thioether (sulfide) groups is 1. The maximum Gasteiger partial charge on any atom is 0.233 e. The van der Waals surface area contributed by atoms with E-state index in [4.69, 9.17) is 0 Å². The molecule has 26 heavy (non-hydrogen) atoms. The molecule has 0 heterocycles. The van der Waals surface area contributed by atoms with E-state index in [1.54, 1.807) is 36.0 Å². The molecule has 0 aliphatic carbocycles. The van der Waals surface area contributed by atoms with E-state index in [0.717, 1.165) is 17.7 Å². The van der Waals surface area contributed by atoms with Crippen LogP contribution in [0.1, 0.15) is 37.4 Å². The highest BCUT2D eigenvalue weighted by molar-refractivity contribution is 7.99. The average molecular weight is 392 g/mol. The number of sulfone groups is 1. The van der Waals surface area contributed by atoms with Crippen LogP contribution in [0.4, 0.5) is 0 Å². The fraction of sp³-hybridized carbons (Fsp3) is 0.350. The van der Waals surface area contributed by atoms with Gasteiger partial charge >= 0.3 is 0 Å². The Morgan fingerprint density at radius 2 is 1.69 bits per heavy atom. The molecular formula is C20H25NO3S2. The molecule has 1 amide bonds. The van der Waals surface area contributed by atoms with Gasteiger partial charge in [0.05, 0.1) is 16.2 Å². The molecule has 2 atom stereocenters. The molecule has 6 heteroatoms. The van der Waals surface area contributed by atoms with E-state index in [0.29, 0.717) is 0 Å². The Hall–Kier alpha value is -1.79. The van der Waals surface area contributed by atoms with Crippen LogP contribution in [0.15, 0.2) is 59.5 Å². The van der Waals surface area contributed by atoms with Crippen LogP contribution in [0.5, 0.6) is 0 Å². The van der Waals surface area contributed by atoms with Crippen molar-refractivity contribution in [2.75, 3.05) is 6.26 Å². The third-order valence-electron chi connectivity index (χ3n) is 4.15. The molecule has 4 nitrogen and oxygen atoms in total. The zero-order chi connectivity index (χ0) is 19.2. The van der Waals surface area contributed by atoms with Gasteiger partial charge < -0.3 is 5.32 Å². The molecule has 0 radical (unpaired) electrons. The van der Waals surface area contributed by atoms with Crippen LogP contribution in [0.2, 0.25) is 0 Å². The van der Waals surface area contributed by atoms with Crippen molar-refractivity contribution in [3.05, 3.63) is 65.7 Å². The van der Waals surface area contributed by atoms with Crippen molar-refractivity contribution in [3.8, 4) is 0 Å². The molecule has 0 aliphatic rings. The number of hydrogen-bond donors (Lipinski definition) is 1. The second-order valence-corrected chi connectivity index (χ2v) is 9.59. The Morgan fingerprint density at radius 1 is 1.08 bits per heavy atom. The zero-order valence-corrected chi connectivity index (χ0v) is 16.9. The van der Waals surface area contributed by atoms with Crippen LogP contribution in [-0.4, -0.2) is 25.8 Å². The first-order valence-corrected chi connectivity index (χ1v) is 11.5. The summed E-state index contributed by atoms with van der Waals surface area (Å²) in [4.78, 5) is 12.8. The SMILES string of the molecule is CCC(NC(=O)C(C)SCc1ccccc1)c1ccc(S(C)(=O)=O)cc1. The van der Waals surface area contributed by atoms with E-state index in [1.807, 2.05) is 32.0 Å². The Bertz CT molecular complexity index is 818. The number of carbonyl (C=O) groups is 1. The van der Waals surface area contributed by atoms with Gasteiger partial charge in [-0.25, -0.2) is 8.42 Å². The first-order chi connectivity index (χ1) is 12.3. The maximum atomic E-state index is 12.5. The summed E-state index contributed by atoms with van der Waals surface area (Å²) in [6, 6.07) is 16.7. The summed E-state index contributed by atoms with van der Waals surface area (Å²) in [6.45, 7) is 3.90. The lowest BCUT2D eigenvalue weighted by Gasteiger charge is -2.20. The lowest BCUT2D eigenvalue weighted by Crippen LogP contribution is -2.34. The molecule has 0 fully saturated rings. The number of hydrogen-bond acceptors (Lipinski definition) is 4. The van der Waals surface area contributed by atoms with E-state index < -0.39 is 9.84 Å². The number of carbonyl (C=O) groups excluding carboxylic acids is 1. The van der Waals surface area contributed by atoms with Crippen molar-refractivity contribution in [1.29, 1.82) is 0 Å². The quantitative estimate of drug-likeness (QED) is 0.739. The molecule has 0 bridgehead atoms. The van der Waals surface area contributed by atoms with Crippen LogP contribution in [0.3, 0.4) is 0 Å². The van der Waals surface area contributed by atoms with Gasteiger partial charge in [0.2, 0.25) is 5.91 Å². The minimum Gasteiger partial charge on any atom is -0.348 e. The van der Waals surface area contributed by atoms with Gasteiger partial charge in [0, 0.05) is 12.0 Å². The summed E-state index contributed by atoms with van der Waals surface area (Å²) in [6.07, 6.45) is 1.92. The van der Waals surface area contributed by atoms with Crippen molar-refractivity contribution in [2.45, 2.75) is 42.2 Å². The molecule has 0 aromatic heterocycles. The Morgan fingerprint density at radius 3 is 2.23 bits per heavy atom. The van der Waals surface area contributed by atoms with Crippen molar-refractivity contribution >= 4 is 27.5 Å². The standard InChI is InChI=1S/C20H25NO3S2/c1-4-19(17-10-12-18(13-11-17)26(3,23)24)21-20(22)15(2)25-14-16-8-6-5-7-9-16/h5-13,15,19H,4,14H2,1-3H3,(H,21,22). The Kier molecular flexibility index (Phi) is 7.29. The number of rotatable bonds is 8. The maximum absolute atomic E-state index is 12.5. The topological polar surface area (TPSA) is 63.2 Å². The predicted molar refractivity (Wildman–Crippen MR) is 108 cm³/mol. The first kappa shape index (κ1) is 20.5. The molecule has 2 aromatic carbocycles. The van der Waals surface area contributed by atoms with Gasteiger partial charge in [-0.05, 0) is 36.6 Å². The Balaban J connectivity index is 1.96. The van der Waals surface area contributed by atoms with Gasteiger partial charge in [-0.15, -0.1) is 11.8 Å². The van der Waals surface area contributed by atoms with E-state index in [9.17, 15) is 13.2 Å². The van der Waals surface area contributed by atoms with E-state index in [1.165, 1.54) is 11.8 Å². The molecule has 2 unspecified atom stereocenters. The van der Waals surface area contributed by atoms with Crippen molar-refractivity contribution in [1.82, 2.24) is 5.32 Å². The van der Waals surface area contributed by atoms with E-state index >= 15 is 0 Å². The summed E-state index contributed by atoms with van der Waals surface area (Å²) in [7, 11) is -3.21. The Labute approximate surface area is 160 Å². The van der Waals surface area contributed by atoms with Gasteiger partial charge in [-0.3, -0.25) is 4.79 Å². The van der Waals surface area contributed by atoms with Gasteiger partial charge in [-0.1, -0.05) is 49.4 Å². The van der Waals surface area contributed by atoms with Crippen LogP contribution < -0.4 is 5.32 Å². The molecule has 0 saturated heterocycles. The highest BCUT2D eigenvalue weighted by atomic mass is 32.2. The van der Waals surface area contributed by atoms with Crippen LogP contribution in [-0.2, 0) is 20.4 Å². The number of amides is 1.